The topological polar surface area (TPSA) is 91.5 Å². The molecule has 0 aliphatic rings. The van der Waals surface area contributed by atoms with Crippen LogP contribution in [0.3, 0.4) is 0 Å². The first-order valence-corrected chi connectivity index (χ1v) is 13.0. The van der Waals surface area contributed by atoms with Crippen molar-refractivity contribution in [3.63, 3.8) is 0 Å². The van der Waals surface area contributed by atoms with Gasteiger partial charge in [0, 0.05) is 13.1 Å². The summed E-state index contributed by atoms with van der Waals surface area (Å²) in [6, 6.07) is 8.37. The molecule has 0 saturated heterocycles. The largest absolute Gasteiger partial charge is 0.459 e. The van der Waals surface area contributed by atoms with Gasteiger partial charge in [0.1, 0.15) is 11.3 Å². The molecule has 31 heavy (non-hydrogen) atoms. The van der Waals surface area contributed by atoms with Crippen LogP contribution in [0.2, 0.25) is 0 Å². The van der Waals surface area contributed by atoms with Crippen molar-refractivity contribution in [2.24, 2.45) is 0 Å². The highest BCUT2D eigenvalue weighted by molar-refractivity contribution is 7.60. The van der Waals surface area contributed by atoms with Crippen LogP contribution in [0.5, 0.6) is 0 Å². The maximum atomic E-state index is 13.0. The molecule has 0 N–H and O–H groups in total. The summed E-state index contributed by atoms with van der Waals surface area (Å²) >= 11 is 0. The van der Waals surface area contributed by atoms with E-state index in [2.05, 4.69) is 41.3 Å². The van der Waals surface area contributed by atoms with Crippen LogP contribution in [-0.2, 0) is 37.9 Å². The predicted octanol–water partition coefficient (Wildman–Crippen LogP) is 5.20. The fraction of sp³-hybridized carbons (Fsp3) is 0.609. The Bertz CT molecular complexity index is 886. The number of esters is 1. The van der Waals surface area contributed by atoms with Crippen LogP contribution in [0.25, 0.3) is 0 Å². The first-order chi connectivity index (χ1) is 14.5. The Morgan fingerprint density at radius 2 is 1.81 bits per heavy atom. The lowest BCUT2D eigenvalue weighted by Gasteiger charge is -2.26. The minimum Gasteiger partial charge on any atom is -0.459 e. The molecular weight excluding hydrogens is 415 g/mol. The Balaban J connectivity index is 2.11. The van der Waals surface area contributed by atoms with Crippen molar-refractivity contribution in [2.45, 2.75) is 78.0 Å². The maximum absolute atomic E-state index is 13.0. The molecule has 0 fully saturated rings. The monoisotopic (exact) mass is 450 g/mol. The van der Waals surface area contributed by atoms with Gasteiger partial charge < -0.3 is 13.8 Å². The van der Waals surface area contributed by atoms with Crippen LogP contribution in [0, 0.1) is 0 Å². The Labute approximate surface area is 185 Å². The van der Waals surface area contributed by atoms with Crippen molar-refractivity contribution in [2.75, 3.05) is 13.3 Å². The predicted molar refractivity (Wildman–Crippen MR) is 121 cm³/mol. The summed E-state index contributed by atoms with van der Waals surface area (Å²) < 4.78 is 29.3. The van der Waals surface area contributed by atoms with E-state index in [9.17, 15) is 9.36 Å². The van der Waals surface area contributed by atoms with Gasteiger partial charge in [-0.2, -0.15) is 4.98 Å². The number of nitrogens with zero attached hydrogens (tertiary/aromatic N) is 2. The second-order valence-corrected chi connectivity index (χ2v) is 11.5. The number of rotatable bonds is 11. The molecule has 172 valence electrons. The number of benzene rings is 1. The number of carbonyl (C=O) groups is 1. The SMILES string of the molecule is CCCCc1ccc(Cc2nc(CC(C(=O)OC(C)(C)C)P(C)(=O)OCC)no2)cc1. The average molecular weight is 451 g/mol. The van der Waals surface area contributed by atoms with Gasteiger partial charge in [-0.25, -0.2) is 0 Å². The second kappa shape index (κ2) is 11.1. The smallest absolute Gasteiger partial charge is 0.319 e. The van der Waals surface area contributed by atoms with E-state index in [0.29, 0.717) is 18.1 Å². The van der Waals surface area contributed by atoms with Gasteiger partial charge in [0.2, 0.25) is 13.3 Å². The molecule has 0 aliphatic heterocycles. The Kier molecular flexibility index (Phi) is 9.01. The fourth-order valence-electron chi connectivity index (χ4n) is 3.15. The molecule has 0 amide bonds. The van der Waals surface area contributed by atoms with Crippen molar-refractivity contribution >= 4 is 13.3 Å². The highest BCUT2D eigenvalue weighted by Crippen LogP contribution is 2.49. The molecule has 2 unspecified atom stereocenters. The summed E-state index contributed by atoms with van der Waals surface area (Å²) in [7, 11) is -3.28. The van der Waals surface area contributed by atoms with E-state index >= 15 is 0 Å². The van der Waals surface area contributed by atoms with Crippen LogP contribution >= 0.6 is 7.37 Å². The molecule has 0 saturated carbocycles. The van der Waals surface area contributed by atoms with Gasteiger partial charge in [0.05, 0.1) is 13.0 Å². The third kappa shape index (κ3) is 8.23. The summed E-state index contributed by atoms with van der Waals surface area (Å²) in [5.74, 6) is 0.176. The highest BCUT2D eigenvalue weighted by atomic mass is 31.2. The first kappa shape index (κ1) is 25.3. The van der Waals surface area contributed by atoms with Crippen molar-refractivity contribution < 1.29 is 23.1 Å². The molecule has 2 aromatic rings. The number of hydrogen-bond acceptors (Lipinski definition) is 7. The molecule has 1 aromatic carbocycles. The zero-order chi connectivity index (χ0) is 23.1. The van der Waals surface area contributed by atoms with E-state index in [1.807, 2.05) is 0 Å². The van der Waals surface area contributed by atoms with E-state index in [1.165, 1.54) is 25.1 Å². The van der Waals surface area contributed by atoms with Gasteiger partial charge in [-0.1, -0.05) is 42.8 Å². The van der Waals surface area contributed by atoms with Crippen LogP contribution in [0.4, 0.5) is 0 Å². The van der Waals surface area contributed by atoms with Gasteiger partial charge >= 0.3 is 5.97 Å². The lowest BCUT2D eigenvalue weighted by molar-refractivity contribution is -0.154. The van der Waals surface area contributed by atoms with Crippen LogP contribution in [0.1, 0.15) is 70.3 Å². The maximum Gasteiger partial charge on any atom is 0.319 e. The van der Waals surface area contributed by atoms with E-state index < -0.39 is 24.6 Å². The molecule has 2 atom stereocenters. The highest BCUT2D eigenvalue weighted by Gasteiger charge is 2.39. The number of unbranched alkanes of at least 4 members (excludes halogenated alkanes) is 1. The third-order valence-electron chi connectivity index (χ3n) is 4.71. The Morgan fingerprint density at radius 3 is 2.39 bits per heavy atom. The minimum atomic E-state index is -3.28. The van der Waals surface area contributed by atoms with Gasteiger partial charge in [0.15, 0.2) is 5.82 Å². The van der Waals surface area contributed by atoms with Gasteiger partial charge in [-0.15, -0.1) is 0 Å². The van der Waals surface area contributed by atoms with Crippen molar-refractivity contribution in [1.29, 1.82) is 0 Å². The minimum absolute atomic E-state index is 0.0299. The summed E-state index contributed by atoms with van der Waals surface area (Å²) in [4.78, 5) is 17.1. The molecule has 1 aromatic heterocycles. The molecule has 0 aliphatic carbocycles. The van der Waals surface area contributed by atoms with Crippen molar-refractivity contribution in [1.82, 2.24) is 10.1 Å². The first-order valence-electron chi connectivity index (χ1n) is 10.9. The number of ether oxygens (including phenoxy) is 1. The number of aryl methyl sites for hydroxylation is 1. The number of hydrogen-bond donors (Lipinski definition) is 0. The second-order valence-electron chi connectivity index (χ2n) is 8.78. The van der Waals surface area contributed by atoms with E-state index in [4.69, 9.17) is 13.8 Å². The van der Waals surface area contributed by atoms with Gasteiger partial charge in [0.25, 0.3) is 0 Å². The van der Waals surface area contributed by atoms with Gasteiger partial charge in [-0.05, 0) is 51.7 Å². The van der Waals surface area contributed by atoms with Crippen LogP contribution < -0.4 is 0 Å². The normalized spacial score (nSPS) is 14.8. The molecule has 0 spiro atoms. The average Bonchev–Trinajstić information content (AvgIpc) is 3.11. The number of carbonyl (C=O) groups excluding carboxylic acids is 1. The molecule has 0 bridgehead atoms. The Morgan fingerprint density at radius 1 is 1.16 bits per heavy atom. The van der Waals surface area contributed by atoms with Crippen molar-refractivity contribution in [3.8, 4) is 0 Å². The molecular formula is C23H35N2O5P. The molecule has 8 heteroatoms. The molecule has 1 heterocycles. The summed E-state index contributed by atoms with van der Waals surface area (Å²) in [6.07, 6.45) is 3.94. The van der Waals surface area contributed by atoms with E-state index in [-0.39, 0.29) is 13.0 Å². The third-order valence-corrected chi connectivity index (χ3v) is 7.01. The van der Waals surface area contributed by atoms with Crippen LogP contribution in [-0.4, -0.2) is 40.6 Å². The quantitative estimate of drug-likeness (QED) is 0.343. The van der Waals surface area contributed by atoms with Crippen molar-refractivity contribution in [3.05, 3.63) is 47.1 Å². The lowest BCUT2D eigenvalue weighted by Crippen LogP contribution is -2.33. The standard InChI is InChI=1S/C23H35N2O5P/c1-7-9-10-17-11-13-18(14-12-17)15-21-24-20(25-30-21)16-19(31(6,27)28-8-2)22(26)29-23(3,4)5/h11-14,19H,7-10,15-16H2,1-6H3. The van der Waals surface area contributed by atoms with E-state index in [1.54, 1.807) is 27.7 Å². The lowest BCUT2D eigenvalue weighted by atomic mass is 10.1. The van der Waals surface area contributed by atoms with Crippen LogP contribution in [0.15, 0.2) is 28.8 Å². The molecule has 2 rings (SSSR count). The van der Waals surface area contributed by atoms with E-state index in [0.717, 1.165) is 12.0 Å². The summed E-state index contributed by atoms with van der Waals surface area (Å²) in [5, 5.41) is 3.99. The summed E-state index contributed by atoms with van der Waals surface area (Å²) in [5.41, 5.74) is 0.684. The zero-order valence-electron chi connectivity index (χ0n) is 19.5. The number of aromatic nitrogens is 2. The zero-order valence-corrected chi connectivity index (χ0v) is 20.4. The fourth-order valence-corrected chi connectivity index (χ4v) is 4.78. The summed E-state index contributed by atoms with van der Waals surface area (Å²) in [6.45, 7) is 10.9. The Hall–Kier alpha value is -1.98. The molecule has 7 nitrogen and oxygen atoms in total. The molecule has 0 radical (unpaired) electrons. The van der Waals surface area contributed by atoms with Gasteiger partial charge in [-0.3, -0.25) is 9.36 Å².